The van der Waals surface area contributed by atoms with Crippen molar-refractivity contribution in [3.63, 3.8) is 0 Å². The predicted octanol–water partition coefficient (Wildman–Crippen LogP) is 4.27. The molecule has 5 nitrogen and oxygen atoms in total. The van der Waals surface area contributed by atoms with Crippen LogP contribution in [0.1, 0.15) is 27.8 Å². The topological polar surface area (TPSA) is 70.8 Å². The van der Waals surface area contributed by atoms with E-state index in [2.05, 4.69) is 0 Å². The lowest BCUT2D eigenvalue weighted by molar-refractivity contribution is -0.140. The Hall–Kier alpha value is -3.12. The number of hydrogen-bond acceptors (Lipinski definition) is 5. The zero-order valence-electron chi connectivity index (χ0n) is 14.6. The summed E-state index contributed by atoms with van der Waals surface area (Å²) >= 11 is 1.46. The fourth-order valence-corrected chi connectivity index (χ4v) is 4.35. The Labute approximate surface area is 160 Å². The summed E-state index contributed by atoms with van der Waals surface area (Å²) in [6.45, 7) is 2.09. The number of carbonyl (C=O) groups is 2. The number of rotatable bonds is 4. The molecule has 27 heavy (non-hydrogen) atoms. The molecule has 1 atom stereocenters. The lowest BCUT2D eigenvalue weighted by Gasteiger charge is -2.24. The average molecular weight is 379 g/mol. The zero-order chi connectivity index (χ0) is 19.0. The van der Waals surface area contributed by atoms with Crippen molar-refractivity contribution in [2.24, 2.45) is 0 Å². The summed E-state index contributed by atoms with van der Waals surface area (Å²) in [5.74, 6) is -0.896. The monoisotopic (exact) mass is 379 g/mol. The van der Waals surface area contributed by atoms with E-state index in [1.165, 1.54) is 22.5 Å². The van der Waals surface area contributed by atoms with Crippen molar-refractivity contribution in [1.82, 2.24) is 4.90 Å². The number of aliphatic hydroxyl groups is 1. The molecule has 1 unspecified atom stereocenters. The van der Waals surface area contributed by atoms with Crippen LogP contribution in [0.3, 0.4) is 0 Å². The SMILES string of the molecule is Cc1ccsc1C1C(=C(O)c2ccccc2)C(=O)C(=O)N1Cc1ccco1. The van der Waals surface area contributed by atoms with Gasteiger partial charge in [-0.2, -0.15) is 0 Å². The highest BCUT2D eigenvalue weighted by Gasteiger charge is 2.47. The number of benzene rings is 1. The van der Waals surface area contributed by atoms with Crippen LogP contribution in [-0.2, 0) is 16.1 Å². The fraction of sp³-hybridized carbons (Fsp3) is 0.143. The smallest absolute Gasteiger partial charge is 0.296 e. The Kier molecular flexibility index (Phi) is 4.41. The van der Waals surface area contributed by atoms with Crippen molar-refractivity contribution >= 4 is 28.8 Å². The Bertz CT molecular complexity index is 1020. The van der Waals surface area contributed by atoms with Crippen LogP contribution in [0.4, 0.5) is 0 Å². The van der Waals surface area contributed by atoms with Gasteiger partial charge >= 0.3 is 0 Å². The van der Waals surface area contributed by atoms with E-state index in [9.17, 15) is 14.7 Å². The van der Waals surface area contributed by atoms with Gasteiger partial charge in [0, 0.05) is 10.4 Å². The number of carbonyl (C=O) groups excluding carboxylic acids is 2. The molecule has 1 amide bonds. The predicted molar refractivity (Wildman–Crippen MR) is 102 cm³/mol. The zero-order valence-corrected chi connectivity index (χ0v) is 15.4. The van der Waals surface area contributed by atoms with Crippen molar-refractivity contribution in [3.05, 3.63) is 87.5 Å². The Morgan fingerprint density at radius 3 is 2.56 bits per heavy atom. The summed E-state index contributed by atoms with van der Waals surface area (Å²) < 4.78 is 5.37. The van der Waals surface area contributed by atoms with Crippen molar-refractivity contribution in [1.29, 1.82) is 0 Å². The molecule has 0 radical (unpaired) electrons. The highest BCUT2D eigenvalue weighted by molar-refractivity contribution is 7.10. The largest absolute Gasteiger partial charge is 0.507 e. The molecule has 0 spiro atoms. The second kappa shape index (κ2) is 6.89. The van der Waals surface area contributed by atoms with Gasteiger partial charge in [0.25, 0.3) is 11.7 Å². The summed E-state index contributed by atoms with van der Waals surface area (Å²) in [6, 6.07) is 13.6. The van der Waals surface area contributed by atoms with Crippen LogP contribution < -0.4 is 0 Å². The van der Waals surface area contributed by atoms with Crippen molar-refractivity contribution in [3.8, 4) is 0 Å². The Morgan fingerprint density at radius 1 is 1.15 bits per heavy atom. The van der Waals surface area contributed by atoms with Gasteiger partial charge in [0.15, 0.2) is 0 Å². The number of Topliss-reactive ketones (excluding diaryl/α,β-unsaturated/α-hetero) is 1. The number of thiophene rings is 1. The lowest BCUT2D eigenvalue weighted by Crippen LogP contribution is -2.28. The molecule has 136 valence electrons. The summed E-state index contributed by atoms with van der Waals surface area (Å²) in [7, 11) is 0. The molecule has 1 aliphatic rings. The molecule has 4 rings (SSSR count). The van der Waals surface area contributed by atoms with Crippen LogP contribution in [-0.4, -0.2) is 21.7 Å². The third kappa shape index (κ3) is 2.98. The maximum Gasteiger partial charge on any atom is 0.296 e. The number of aliphatic hydroxyl groups excluding tert-OH is 1. The van der Waals surface area contributed by atoms with E-state index in [0.29, 0.717) is 11.3 Å². The van der Waals surface area contributed by atoms with E-state index in [0.717, 1.165) is 10.4 Å². The maximum atomic E-state index is 12.8. The van der Waals surface area contributed by atoms with Gasteiger partial charge < -0.3 is 14.4 Å². The van der Waals surface area contributed by atoms with Crippen molar-refractivity contribution in [2.75, 3.05) is 0 Å². The van der Waals surface area contributed by atoms with E-state index >= 15 is 0 Å². The molecule has 0 aliphatic carbocycles. The third-order valence-electron chi connectivity index (χ3n) is 4.64. The summed E-state index contributed by atoms with van der Waals surface area (Å²) in [5.41, 5.74) is 1.59. The van der Waals surface area contributed by atoms with Gasteiger partial charge in [0.05, 0.1) is 18.4 Å². The second-order valence-electron chi connectivity index (χ2n) is 6.34. The first-order chi connectivity index (χ1) is 13.1. The lowest BCUT2D eigenvalue weighted by atomic mass is 9.98. The minimum absolute atomic E-state index is 0.114. The number of nitrogens with zero attached hydrogens (tertiary/aromatic N) is 1. The van der Waals surface area contributed by atoms with Gasteiger partial charge in [-0.25, -0.2) is 0 Å². The van der Waals surface area contributed by atoms with Gasteiger partial charge in [-0.3, -0.25) is 9.59 Å². The van der Waals surface area contributed by atoms with E-state index < -0.39 is 17.7 Å². The molecular formula is C21H17NO4S. The van der Waals surface area contributed by atoms with E-state index in [4.69, 9.17) is 4.42 Å². The summed E-state index contributed by atoms with van der Waals surface area (Å²) in [5, 5.41) is 12.8. The molecule has 2 aromatic heterocycles. The maximum absolute atomic E-state index is 12.8. The molecule has 1 aliphatic heterocycles. The highest BCUT2D eigenvalue weighted by Crippen LogP contribution is 2.43. The van der Waals surface area contributed by atoms with Gasteiger partial charge in [-0.15, -0.1) is 11.3 Å². The number of furan rings is 1. The number of ketones is 1. The molecule has 1 N–H and O–H groups in total. The molecule has 3 heterocycles. The van der Waals surface area contributed by atoms with Crippen LogP contribution in [0.15, 0.2) is 70.2 Å². The van der Waals surface area contributed by atoms with Crippen LogP contribution >= 0.6 is 11.3 Å². The van der Waals surface area contributed by atoms with E-state index in [1.807, 2.05) is 24.4 Å². The number of likely N-dealkylation sites (tertiary alicyclic amines) is 1. The van der Waals surface area contributed by atoms with Gasteiger partial charge in [0.1, 0.15) is 17.6 Å². The highest BCUT2D eigenvalue weighted by atomic mass is 32.1. The second-order valence-corrected chi connectivity index (χ2v) is 7.29. The quantitative estimate of drug-likeness (QED) is 0.417. The molecule has 6 heteroatoms. The molecule has 0 bridgehead atoms. The number of aryl methyl sites for hydroxylation is 1. The van der Waals surface area contributed by atoms with Crippen molar-refractivity contribution in [2.45, 2.75) is 19.5 Å². The van der Waals surface area contributed by atoms with E-state index in [-0.39, 0.29) is 17.9 Å². The van der Waals surface area contributed by atoms with Crippen LogP contribution in [0.2, 0.25) is 0 Å². The molecule has 3 aromatic rings. The minimum Gasteiger partial charge on any atom is -0.507 e. The average Bonchev–Trinajstić information content (AvgIpc) is 3.39. The Morgan fingerprint density at radius 2 is 1.93 bits per heavy atom. The first-order valence-electron chi connectivity index (χ1n) is 8.48. The third-order valence-corrected chi connectivity index (χ3v) is 5.71. The van der Waals surface area contributed by atoms with Gasteiger partial charge in [-0.1, -0.05) is 30.3 Å². The molecule has 1 fully saturated rings. The summed E-state index contributed by atoms with van der Waals surface area (Å²) in [4.78, 5) is 28.0. The van der Waals surface area contributed by atoms with Crippen molar-refractivity contribution < 1.29 is 19.1 Å². The first-order valence-corrected chi connectivity index (χ1v) is 9.36. The van der Waals surface area contributed by atoms with Gasteiger partial charge in [0.2, 0.25) is 0 Å². The normalized spacial score (nSPS) is 19.0. The summed E-state index contributed by atoms with van der Waals surface area (Å²) in [6.07, 6.45) is 1.53. The molecular weight excluding hydrogens is 362 g/mol. The van der Waals surface area contributed by atoms with E-state index in [1.54, 1.807) is 36.4 Å². The van der Waals surface area contributed by atoms with Crippen LogP contribution in [0.25, 0.3) is 5.76 Å². The standard InChI is InChI=1S/C21H17NO4S/c1-13-9-11-27-20(13)17-16(18(23)14-6-3-2-4-7-14)19(24)21(25)22(17)12-15-8-5-10-26-15/h2-11,17,23H,12H2,1H3. The van der Waals surface area contributed by atoms with Crippen LogP contribution in [0, 0.1) is 6.92 Å². The Balaban J connectivity index is 1.88. The molecule has 1 aromatic carbocycles. The molecule has 0 saturated carbocycles. The minimum atomic E-state index is -0.680. The van der Waals surface area contributed by atoms with Gasteiger partial charge in [-0.05, 0) is 36.1 Å². The number of hydrogen-bond donors (Lipinski definition) is 1. The molecule has 1 saturated heterocycles. The first kappa shape index (κ1) is 17.3. The fourth-order valence-electron chi connectivity index (χ4n) is 3.30. The number of amides is 1. The van der Waals surface area contributed by atoms with Crippen LogP contribution in [0.5, 0.6) is 0 Å².